The van der Waals surface area contributed by atoms with Crippen LogP contribution in [-0.4, -0.2) is 9.78 Å². The van der Waals surface area contributed by atoms with Gasteiger partial charge in [-0.25, -0.2) is 0 Å². The van der Waals surface area contributed by atoms with Crippen molar-refractivity contribution >= 4 is 0 Å². The summed E-state index contributed by atoms with van der Waals surface area (Å²) in [6, 6.07) is 5.04. The molecule has 0 aromatic carbocycles. The van der Waals surface area contributed by atoms with Gasteiger partial charge in [-0.05, 0) is 45.1 Å². The molecule has 1 aromatic rings. The molecular formula is C15H23N3. The quantitative estimate of drug-likeness (QED) is 0.811. The van der Waals surface area contributed by atoms with Crippen LogP contribution in [0.3, 0.4) is 0 Å². The molecule has 1 aliphatic rings. The first-order valence-corrected chi connectivity index (χ1v) is 7.04. The number of aromatic nitrogens is 2. The van der Waals surface area contributed by atoms with Crippen molar-refractivity contribution in [2.24, 2.45) is 11.3 Å². The van der Waals surface area contributed by atoms with Gasteiger partial charge in [0, 0.05) is 18.7 Å². The summed E-state index contributed by atoms with van der Waals surface area (Å²) < 4.78 is 1.98. The second-order valence-corrected chi connectivity index (χ2v) is 5.97. The molecule has 0 N–H and O–H groups in total. The molecule has 1 aliphatic carbocycles. The van der Waals surface area contributed by atoms with Gasteiger partial charge in [0.1, 0.15) is 0 Å². The molecule has 98 valence electrons. The van der Waals surface area contributed by atoms with Crippen molar-refractivity contribution < 1.29 is 0 Å². The van der Waals surface area contributed by atoms with Crippen LogP contribution in [0.5, 0.6) is 0 Å². The Bertz CT molecular complexity index is 441. The van der Waals surface area contributed by atoms with E-state index in [1.54, 1.807) is 0 Å². The molecule has 1 aromatic heterocycles. The van der Waals surface area contributed by atoms with E-state index in [1.807, 2.05) is 10.9 Å². The van der Waals surface area contributed by atoms with Gasteiger partial charge in [0.15, 0.2) is 0 Å². The van der Waals surface area contributed by atoms with E-state index < -0.39 is 0 Å². The second kappa shape index (κ2) is 5.14. The minimum Gasteiger partial charge on any atom is -0.270 e. The third kappa shape index (κ3) is 2.58. The molecule has 0 spiro atoms. The Hall–Kier alpha value is -1.30. The zero-order valence-electron chi connectivity index (χ0n) is 11.7. The summed E-state index contributed by atoms with van der Waals surface area (Å²) in [6.45, 7) is 6.48. The fraction of sp³-hybridized carbons (Fsp3) is 0.733. The van der Waals surface area contributed by atoms with Gasteiger partial charge in [-0.1, -0.05) is 13.3 Å². The largest absolute Gasteiger partial charge is 0.270 e. The summed E-state index contributed by atoms with van der Waals surface area (Å²) in [7, 11) is 0. The van der Waals surface area contributed by atoms with E-state index in [0.29, 0.717) is 6.04 Å². The van der Waals surface area contributed by atoms with Crippen molar-refractivity contribution in [1.82, 2.24) is 9.78 Å². The van der Waals surface area contributed by atoms with Gasteiger partial charge < -0.3 is 0 Å². The third-order valence-electron chi connectivity index (χ3n) is 4.24. The first-order valence-electron chi connectivity index (χ1n) is 7.04. The molecule has 2 atom stereocenters. The van der Waals surface area contributed by atoms with Crippen molar-refractivity contribution in [3.8, 4) is 6.07 Å². The molecule has 0 bridgehead atoms. The molecule has 1 saturated carbocycles. The highest BCUT2D eigenvalue weighted by molar-refractivity contribution is 5.12. The van der Waals surface area contributed by atoms with Crippen LogP contribution in [0.2, 0.25) is 0 Å². The van der Waals surface area contributed by atoms with Crippen LogP contribution in [0.15, 0.2) is 12.3 Å². The van der Waals surface area contributed by atoms with Gasteiger partial charge in [-0.15, -0.1) is 0 Å². The minimum atomic E-state index is -0.156. The van der Waals surface area contributed by atoms with Gasteiger partial charge in [0.05, 0.1) is 17.2 Å². The minimum absolute atomic E-state index is 0.156. The lowest BCUT2D eigenvalue weighted by molar-refractivity contribution is 0.374. The molecule has 0 saturated heterocycles. The maximum atomic E-state index is 9.52. The standard InChI is InChI=1S/C15H23N3/c1-4-13-5-7-15(9-13,11-16)10-14-6-8-18(17-14)12(2)3/h6,8,12-13H,4-5,7,9-10H2,1-3H3. The summed E-state index contributed by atoms with van der Waals surface area (Å²) in [5, 5.41) is 14.1. The molecule has 18 heavy (non-hydrogen) atoms. The van der Waals surface area contributed by atoms with Gasteiger partial charge in [-0.2, -0.15) is 10.4 Å². The van der Waals surface area contributed by atoms with Crippen LogP contribution in [0.25, 0.3) is 0 Å². The maximum absolute atomic E-state index is 9.52. The molecule has 0 radical (unpaired) electrons. The fourth-order valence-corrected chi connectivity index (χ4v) is 2.99. The highest BCUT2D eigenvalue weighted by Gasteiger charge is 2.39. The Balaban J connectivity index is 2.09. The van der Waals surface area contributed by atoms with Crippen molar-refractivity contribution in [3.05, 3.63) is 18.0 Å². The fourth-order valence-electron chi connectivity index (χ4n) is 2.99. The normalized spacial score (nSPS) is 27.6. The predicted molar refractivity (Wildman–Crippen MR) is 72.0 cm³/mol. The SMILES string of the molecule is CCC1CCC(C#N)(Cc2ccn(C(C)C)n2)C1. The molecule has 1 heterocycles. The maximum Gasteiger partial charge on any atom is 0.0693 e. The van der Waals surface area contributed by atoms with Crippen LogP contribution in [0.1, 0.15) is 58.2 Å². The molecule has 3 nitrogen and oxygen atoms in total. The summed E-state index contributed by atoms with van der Waals surface area (Å²) in [6.07, 6.45) is 7.33. The smallest absolute Gasteiger partial charge is 0.0693 e. The number of hydrogen-bond donors (Lipinski definition) is 0. The van der Waals surface area contributed by atoms with Crippen molar-refractivity contribution in [2.45, 2.75) is 58.9 Å². The van der Waals surface area contributed by atoms with Crippen LogP contribution in [0.4, 0.5) is 0 Å². The molecule has 3 heteroatoms. The Labute approximate surface area is 110 Å². The Kier molecular flexibility index (Phi) is 3.75. The van der Waals surface area contributed by atoms with Crippen LogP contribution in [0, 0.1) is 22.7 Å². The van der Waals surface area contributed by atoms with E-state index >= 15 is 0 Å². The Morgan fingerprint density at radius 1 is 1.61 bits per heavy atom. The molecule has 2 unspecified atom stereocenters. The van der Waals surface area contributed by atoms with Crippen molar-refractivity contribution in [3.63, 3.8) is 0 Å². The number of hydrogen-bond acceptors (Lipinski definition) is 2. The van der Waals surface area contributed by atoms with Crippen molar-refractivity contribution in [1.29, 1.82) is 5.26 Å². The van der Waals surface area contributed by atoms with E-state index in [9.17, 15) is 5.26 Å². The van der Waals surface area contributed by atoms with Crippen molar-refractivity contribution in [2.75, 3.05) is 0 Å². The lowest BCUT2D eigenvalue weighted by atomic mass is 9.82. The number of rotatable bonds is 4. The zero-order valence-corrected chi connectivity index (χ0v) is 11.7. The predicted octanol–water partition coefficient (Wildman–Crippen LogP) is 3.73. The van der Waals surface area contributed by atoms with E-state index in [0.717, 1.165) is 30.9 Å². The van der Waals surface area contributed by atoms with Gasteiger partial charge >= 0.3 is 0 Å². The van der Waals surface area contributed by atoms with Crippen LogP contribution >= 0.6 is 0 Å². The summed E-state index contributed by atoms with van der Waals surface area (Å²) in [5.41, 5.74) is 0.915. The van der Waals surface area contributed by atoms with Crippen LogP contribution in [-0.2, 0) is 6.42 Å². The molecular weight excluding hydrogens is 222 g/mol. The average Bonchev–Trinajstić information content (AvgIpc) is 2.97. The number of nitriles is 1. The van der Waals surface area contributed by atoms with E-state index in [2.05, 4.69) is 38.0 Å². The average molecular weight is 245 g/mol. The van der Waals surface area contributed by atoms with Gasteiger partial charge in [0.2, 0.25) is 0 Å². The summed E-state index contributed by atoms with van der Waals surface area (Å²) in [4.78, 5) is 0. The molecule has 0 aliphatic heterocycles. The first-order chi connectivity index (χ1) is 8.58. The zero-order chi connectivity index (χ0) is 13.2. The number of nitrogens with zero attached hydrogens (tertiary/aromatic N) is 3. The lowest BCUT2D eigenvalue weighted by Gasteiger charge is -2.19. The van der Waals surface area contributed by atoms with Gasteiger partial charge in [-0.3, -0.25) is 4.68 Å². The Morgan fingerprint density at radius 3 is 2.89 bits per heavy atom. The van der Waals surface area contributed by atoms with E-state index in [1.165, 1.54) is 12.8 Å². The summed E-state index contributed by atoms with van der Waals surface area (Å²) in [5.74, 6) is 0.733. The van der Waals surface area contributed by atoms with E-state index in [4.69, 9.17) is 0 Å². The Morgan fingerprint density at radius 2 is 2.39 bits per heavy atom. The lowest BCUT2D eigenvalue weighted by Crippen LogP contribution is -2.18. The summed E-state index contributed by atoms with van der Waals surface area (Å²) >= 11 is 0. The van der Waals surface area contributed by atoms with E-state index in [-0.39, 0.29) is 5.41 Å². The third-order valence-corrected chi connectivity index (χ3v) is 4.24. The highest BCUT2D eigenvalue weighted by Crippen LogP contribution is 2.44. The first kappa shape index (κ1) is 13.1. The van der Waals surface area contributed by atoms with Gasteiger partial charge in [0.25, 0.3) is 0 Å². The molecule has 1 fully saturated rings. The molecule has 0 amide bonds. The topological polar surface area (TPSA) is 41.6 Å². The van der Waals surface area contributed by atoms with Crippen LogP contribution < -0.4 is 0 Å². The highest BCUT2D eigenvalue weighted by atomic mass is 15.3. The second-order valence-electron chi connectivity index (χ2n) is 5.97. The molecule has 2 rings (SSSR count). The monoisotopic (exact) mass is 245 g/mol.